The molecule has 2 heterocycles. The summed E-state index contributed by atoms with van der Waals surface area (Å²) in [6.45, 7) is 0.742. The number of anilines is 1. The summed E-state index contributed by atoms with van der Waals surface area (Å²) >= 11 is 12.2. The highest BCUT2D eigenvalue weighted by molar-refractivity contribution is 6.43. The third-order valence-corrected chi connectivity index (χ3v) is 3.89. The summed E-state index contributed by atoms with van der Waals surface area (Å²) in [5.74, 6) is 0.638. The minimum atomic E-state index is -0.630. The normalized spacial score (nSPS) is 13.2. The summed E-state index contributed by atoms with van der Waals surface area (Å²) in [5, 5.41) is 8.21. The van der Waals surface area contributed by atoms with E-state index in [2.05, 4.69) is 10.4 Å². The van der Waals surface area contributed by atoms with Gasteiger partial charge in [0.25, 0.3) is 0 Å². The van der Waals surface area contributed by atoms with Crippen LogP contribution in [0.1, 0.15) is 5.56 Å². The number of rotatable bonds is 1. The van der Waals surface area contributed by atoms with E-state index in [1.807, 2.05) is 6.07 Å². The first-order valence-corrected chi connectivity index (χ1v) is 6.45. The zero-order chi connectivity index (χ0) is 13.6. The Kier molecular flexibility index (Phi) is 2.88. The molecule has 0 radical (unpaired) electrons. The van der Waals surface area contributed by atoms with Gasteiger partial charge in [-0.25, -0.2) is 4.79 Å². The van der Waals surface area contributed by atoms with Crippen LogP contribution < -0.4 is 11.1 Å². The van der Waals surface area contributed by atoms with Crippen molar-refractivity contribution in [3.63, 3.8) is 0 Å². The second kappa shape index (κ2) is 4.43. The van der Waals surface area contributed by atoms with Gasteiger partial charge in [-0.05, 0) is 12.5 Å². The Morgan fingerprint density at radius 1 is 1.42 bits per heavy atom. The van der Waals surface area contributed by atoms with E-state index in [0.29, 0.717) is 27.1 Å². The number of halogens is 2. The number of fused-ring (bicyclic) bond motifs is 1. The fourth-order valence-electron chi connectivity index (χ4n) is 2.24. The number of amides is 1. The molecule has 0 atom stereocenters. The van der Waals surface area contributed by atoms with Gasteiger partial charge >= 0.3 is 6.03 Å². The van der Waals surface area contributed by atoms with E-state index in [1.165, 1.54) is 0 Å². The highest BCUT2D eigenvalue weighted by Crippen LogP contribution is 2.38. The van der Waals surface area contributed by atoms with Crippen molar-refractivity contribution < 1.29 is 4.79 Å². The number of carbonyl (C=O) groups is 1. The van der Waals surface area contributed by atoms with Crippen LogP contribution in [0.15, 0.2) is 18.2 Å². The maximum Gasteiger partial charge on any atom is 0.341 e. The van der Waals surface area contributed by atoms with Crippen LogP contribution in [-0.2, 0) is 6.42 Å². The van der Waals surface area contributed by atoms with Crippen LogP contribution in [0.25, 0.3) is 11.3 Å². The number of hydrogen-bond acceptors (Lipinski definition) is 3. The summed E-state index contributed by atoms with van der Waals surface area (Å²) in [6, 6.07) is 4.69. The van der Waals surface area contributed by atoms with Crippen molar-refractivity contribution >= 4 is 35.1 Å². The Hall–Kier alpha value is -1.72. The zero-order valence-electron chi connectivity index (χ0n) is 9.78. The molecule has 3 N–H and O–H groups in total. The van der Waals surface area contributed by atoms with E-state index in [0.717, 1.165) is 23.2 Å². The third kappa shape index (κ3) is 1.86. The minimum Gasteiger partial charge on any atom is -0.369 e. The van der Waals surface area contributed by atoms with Crippen LogP contribution in [0.5, 0.6) is 0 Å². The highest BCUT2D eigenvalue weighted by atomic mass is 35.5. The molecule has 1 aromatic carbocycles. The number of nitrogens with one attached hydrogen (secondary N) is 1. The van der Waals surface area contributed by atoms with Crippen LogP contribution >= 0.6 is 23.2 Å². The quantitative estimate of drug-likeness (QED) is 0.850. The molecule has 98 valence electrons. The number of aromatic nitrogens is 2. The fourth-order valence-corrected chi connectivity index (χ4v) is 2.63. The molecule has 5 nitrogen and oxygen atoms in total. The van der Waals surface area contributed by atoms with Crippen molar-refractivity contribution in [3.8, 4) is 11.3 Å². The number of primary amides is 1. The van der Waals surface area contributed by atoms with Crippen LogP contribution in [0.3, 0.4) is 0 Å². The summed E-state index contributed by atoms with van der Waals surface area (Å²) < 4.78 is 1.16. The van der Waals surface area contributed by atoms with Gasteiger partial charge in [-0.1, -0.05) is 35.3 Å². The van der Waals surface area contributed by atoms with Gasteiger partial charge in [0, 0.05) is 17.7 Å². The van der Waals surface area contributed by atoms with Gasteiger partial charge in [0.15, 0.2) is 0 Å². The van der Waals surface area contributed by atoms with Gasteiger partial charge in [-0.15, -0.1) is 0 Å². The average molecular weight is 297 g/mol. The van der Waals surface area contributed by atoms with Gasteiger partial charge in [0.2, 0.25) is 0 Å². The maximum atomic E-state index is 11.4. The Balaban J connectivity index is 2.24. The Morgan fingerprint density at radius 2 is 2.21 bits per heavy atom. The minimum absolute atomic E-state index is 0.424. The van der Waals surface area contributed by atoms with E-state index < -0.39 is 6.03 Å². The standard InChI is InChI=1S/C12H10Cl2N4O/c13-8-3-1-2-6(9(8)14)10-7-4-5-16-11(7)18(17-10)12(15)19/h1-3,16H,4-5H2,(H2,15,19). The molecule has 7 heteroatoms. The second-order valence-electron chi connectivity index (χ2n) is 4.20. The smallest absolute Gasteiger partial charge is 0.341 e. The molecule has 0 bridgehead atoms. The molecule has 2 aromatic rings. The molecule has 1 aliphatic rings. The number of nitrogens with two attached hydrogens (primary N) is 1. The van der Waals surface area contributed by atoms with Gasteiger partial charge < -0.3 is 11.1 Å². The second-order valence-corrected chi connectivity index (χ2v) is 4.99. The first kappa shape index (κ1) is 12.3. The number of benzene rings is 1. The molecule has 0 fully saturated rings. The van der Waals surface area contributed by atoms with E-state index in [9.17, 15) is 4.79 Å². The van der Waals surface area contributed by atoms with Crippen molar-refractivity contribution in [2.45, 2.75) is 6.42 Å². The van der Waals surface area contributed by atoms with E-state index in [4.69, 9.17) is 28.9 Å². The molecular weight excluding hydrogens is 287 g/mol. The van der Waals surface area contributed by atoms with Gasteiger partial charge in [-0.3, -0.25) is 0 Å². The summed E-state index contributed by atoms with van der Waals surface area (Å²) in [6.07, 6.45) is 0.765. The number of nitrogens with zero attached hydrogens (tertiary/aromatic N) is 2. The van der Waals surface area contributed by atoms with Crippen LogP contribution in [-0.4, -0.2) is 22.4 Å². The lowest BCUT2D eigenvalue weighted by Gasteiger charge is -2.04. The first-order chi connectivity index (χ1) is 9.09. The van der Waals surface area contributed by atoms with E-state index >= 15 is 0 Å². The summed E-state index contributed by atoms with van der Waals surface area (Å²) in [7, 11) is 0. The molecular formula is C12H10Cl2N4O. The lowest BCUT2D eigenvalue weighted by molar-refractivity contribution is 0.248. The fraction of sp³-hybridized carbons (Fsp3) is 0.167. The van der Waals surface area contributed by atoms with Crippen molar-refractivity contribution in [2.75, 3.05) is 11.9 Å². The van der Waals surface area contributed by atoms with E-state index in [-0.39, 0.29) is 0 Å². The summed E-state index contributed by atoms with van der Waals surface area (Å²) in [4.78, 5) is 11.4. The zero-order valence-corrected chi connectivity index (χ0v) is 11.3. The first-order valence-electron chi connectivity index (χ1n) is 5.69. The molecule has 0 saturated heterocycles. The predicted octanol–water partition coefficient (Wildman–Crippen LogP) is 2.75. The Morgan fingerprint density at radius 3 is 2.95 bits per heavy atom. The molecule has 1 aliphatic heterocycles. The maximum absolute atomic E-state index is 11.4. The van der Waals surface area contributed by atoms with Crippen LogP contribution in [0, 0.1) is 0 Å². The van der Waals surface area contributed by atoms with Gasteiger partial charge in [-0.2, -0.15) is 9.78 Å². The highest BCUT2D eigenvalue weighted by Gasteiger charge is 2.26. The SMILES string of the molecule is NC(=O)n1nc(-c2cccc(Cl)c2Cl)c2c1NCC2. The molecule has 0 aliphatic carbocycles. The third-order valence-electron chi connectivity index (χ3n) is 3.07. The Bertz CT molecular complexity index is 681. The van der Waals surface area contributed by atoms with Crippen molar-refractivity contribution in [3.05, 3.63) is 33.8 Å². The lowest BCUT2D eigenvalue weighted by atomic mass is 10.1. The summed E-state index contributed by atoms with van der Waals surface area (Å²) in [5.41, 5.74) is 7.59. The topological polar surface area (TPSA) is 72.9 Å². The van der Waals surface area contributed by atoms with E-state index in [1.54, 1.807) is 12.1 Å². The predicted molar refractivity (Wildman–Crippen MR) is 74.9 cm³/mol. The molecule has 3 rings (SSSR count). The van der Waals surface area contributed by atoms with Crippen molar-refractivity contribution in [1.29, 1.82) is 0 Å². The number of hydrogen-bond donors (Lipinski definition) is 2. The molecule has 19 heavy (non-hydrogen) atoms. The van der Waals surface area contributed by atoms with Gasteiger partial charge in [0.05, 0.1) is 15.7 Å². The van der Waals surface area contributed by atoms with Gasteiger partial charge in [0.1, 0.15) is 5.82 Å². The average Bonchev–Trinajstić information content (AvgIpc) is 2.94. The molecule has 0 spiro atoms. The lowest BCUT2D eigenvalue weighted by Crippen LogP contribution is -2.22. The molecule has 0 unspecified atom stereocenters. The molecule has 1 amide bonds. The van der Waals surface area contributed by atoms with Crippen molar-refractivity contribution in [1.82, 2.24) is 9.78 Å². The van der Waals surface area contributed by atoms with Crippen molar-refractivity contribution in [2.24, 2.45) is 5.73 Å². The Labute approximate surface area is 119 Å². The van der Waals surface area contributed by atoms with Crippen LogP contribution in [0.4, 0.5) is 10.6 Å². The number of carbonyl (C=O) groups excluding carboxylic acids is 1. The molecule has 0 saturated carbocycles. The largest absolute Gasteiger partial charge is 0.369 e. The molecule has 1 aromatic heterocycles. The monoisotopic (exact) mass is 296 g/mol. The van der Waals surface area contributed by atoms with Crippen LogP contribution in [0.2, 0.25) is 10.0 Å².